The summed E-state index contributed by atoms with van der Waals surface area (Å²) in [6.45, 7) is 1.65. The van der Waals surface area contributed by atoms with Crippen LogP contribution in [0.3, 0.4) is 0 Å². The SMILES string of the molecule is Cc1ccccc1N(N)C(=O)CNC(=O)c1ccco1. The van der Waals surface area contributed by atoms with Crippen molar-refractivity contribution in [2.45, 2.75) is 6.92 Å². The highest BCUT2D eigenvalue weighted by Gasteiger charge is 2.15. The fourth-order valence-electron chi connectivity index (χ4n) is 1.70. The van der Waals surface area contributed by atoms with E-state index in [1.54, 1.807) is 18.2 Å². The molecule has 0 atom stereocenters. The molecule has 2 aromatic rings. The van der Waals surface area contributed by atoms with Gasteiger partial charge in [0.05, 0.1) is 18.5 Å². The van der Waals surface area contributed by atoms with Gasteiger partial charge in [-0.25, -0.2) is 10.9 Å². The third kappa shape index (κ3) is 3.04. The molecular formula is C14H15N3O3. The Morgan fingerprint density at radius 1 is 1.25 bits per heavy atom. The second-order valence-electron chi connectivity index (χ2n) is 4.21. The van der Waals surface area contributed by atoms with Crippen LogP contribution in [0.25, 0.3) is 0 Å². The zero-order chi connectivity index (χ0) is 14.5. The first-order valence-corrected chi connectivity index (χ1v) is 6.04. The van der Waals surface area contributed by atoms with Crippen molar-refractivity contribution in [1.82, 2.24) is 5.32 Å². The van der Waals surface area contributed by atoms with Gasteiger partial charge >= 0.3 is 0 Å². The molecule has 6 nitrogen and oxygen atoms in total. The molecule has 0 saturated carbocycles. The molecule has 6 heteroatoms. The number of carbonyl (C=O) groups excluding carboxylic acids is 2. The molecule has 1 aromatic carbocycles. The second kappa shape index (κ2) is 6.03. The van der Waals surface area contributed by atoms with Crippen molar-refractivity contribution in [2.24, 2.45) is 5.84 Å². The molecule has 0 radical (unpaired) electrons. The Morgan fingerprint density at radius 3 is 2.65 bits per heavy atom. The van der Waals surface area contributed by atoms with Crippen LogP contribution in [0.15, 0.2) is 47.1 Å². The van der Waals surface area contributed by atoms with Gasteiger partial charge in [0.15, 0.2) is 5.76 Å². The van der Waals surface area contributed by atoms with Gasteiger partial charge < -0.3 is 9.73 Å². The van der Waals surface area contributed by atoms with Crippen LogP contribution >= 0.6 is 0 Å². The smallest absolute Gasteiger partial charge is 0.287 e. The van der Waals surface area contributed by atoms with Gasteiger partial charge in [-0.15, -0.1) is 0 Å². The second-order valence-corrected chi connectivity index (χ2v) is 4.21. The summed E-state index contributed by atoms with van der Waals surface area (Å²) in [4.78, 5) is 23.5. The zero-order valence-corrected chi connectivity index (χ0v) is 11.0. The molecular weight excluding hydrogens is 258 g/mol. The number of furan rings is 1. The van der Waals surface area contributed by atoms with E-state index in [0.29, 0.717) is 5.69 Å². The van der Waals surface area contributed by atoms with E-state index in [1.807, 2.05) is 19.1 Å². The number of nitrogens with one attached hydrogen (secondary N) is 1. The Kier molecular flexibility index (Phi) is 4.17. The number of rotatable bonds is 4. The number of hydrazine groups is 1. The standard InChI is InChI=1S/C14H15N3O3/c1-10-5-2-3-6-11(10)17(15)13(18)9-16-14(19)12-7-4-8-20-12/h2-8H,9,15H2,1H3,(H,16,19). The monoisotopic (exact) mass is 273 g/mol. The number of nitrogens with two attached hydrogens (primary N) is 1. The molecule has 2 rings (SSSR count). The summed E-state index contributed by atoms with van der Waals surface area (Å²) in [6.07, 6.45) is 1.39. The van der Waals surface area contributed by atoms with Crippen LogP contribution in [0.1, 0.15) is 16.1 Å². The fourth-order valence-corrected chi connectivity index (χ4v) is 1.70. The number of benzene rings is 1. The summed E-state index contributed by atoms with van der Waals surface area (Å²) in [5.41, 5.74) is 1.48. The van der Waals surface area contributed by atoms with Gasteiger partial charge in [-0.3, -0.25) is 9.59 Å². The Bertz CT molecular complexity index is 608. The van der Waals surface area contributed by atoms with Crippen LogP contribution in [0, 0.1) is 6.92 Å². The van der Waals surface area contributed by atoms with Gasteiger partial charge in [0.25, 0.3) is 11.8 Å². The molecule has 0 spiro atoms. The minimum atomic E-state index is -0.457. The molecule has 1 aromatic heterocycles. The minimum absolute atomic E-state index is 0.150. The minimum Gasteiger partial charge on any atom is -0.459 e. The molecule has 0 aliphatic heterocycles. The van der Waals surface area contributed by atoms with Crippen LogP contribution in [0.5, 0.6) is 0 Å². The molecule has 104 valence electrons. The fraction of sp³-hybridized carbons (Fsp3) is 0.143. The van der Waals surface area contributed by atoms with E-state index in [1.165, 1.54) is 12.3 Å². The Labute approximate surface area is 116 Å². The molecule has 0 fully saturated rings. The van der Waals surface area contributed by atoms with E-state index in [2.05, 4.69) is 5.32 Å². The lowest BCUT2D eigenvalue weighted by Crippen LogP contribution is -2.44. The molecule has 0 aliphatic carbocycles. The predicted molar refractivity (Wildman–Crippen MR) is 73.9 cm³/mol. The van der Waals surface area contributed by atoms with Crippen LogP contribution in [-0.4, -0.2) is 18.4 Å². The van der Waals surface area contributed by atoms with Crippen LogP contribution in [0.4, 0.5) is 5.69 Å². The quantitative estimate of drug-likeness (QED) is 0.498. The van der Waals surface area contributed by atoms with Crippen molar-refractivity contribution in [2.75, 3.05) is 11.6 Å². The number of carbonyl (C=O) groups is 2. The number of anilines is 1. The van der Waals surface area contributed by atoms with Crippen molar-refractivity contribution in [3.63, 3.8) is 0 Å². The summed E-state index contributed by atoms with van der Waals surface area (Å²) in [6, 6.07) is 10.3. The summed E-state index contributed by atoms with van der Waals surface area (Å²) in [5.74, 6) is 5.03. The Hall–Kier alpha value is -2.60. The molecule has 0 aliphatic rings. The lowest BCUT2D eigenvalue weighted by atomic mass is 10.2. The van der Waals surface area contributed by atoms with Gasteiger partial charge in [-0.1, -0.05) is 18.2 Å². The highest BCUT2D eigenvalue weighted by molar-refractivity contribution is 5.99. The van der Waals surface area contributed by atoms with Crippen LogP contribution in [0.2, 0.25) is 0 Å². The number of para-hydroxylation sites is 1. The first-order valence-electron chi connectivity index (χ1n) is 6.04. The van der Waals surface area contributed by atoms with Crippen molar-refractivity contribution < 1.29 is 14.0 Å². The summed E-state index contributed by atoms with van der Waals surface area (Å²) >= 11 is 0. The maximum atomic E-state index is 11.9. The first kappa shape index (κ1) is 13.8. The van der Waals surface area contributed by atoms with Gasteiger partial charge in [0.2, 0.25) is 0 Å². The van der Waals surface area contributed by atoms with E-state index in [4.69, 9.17) is 10.3 Å². The Morgan fingerprint density at radius 2 is 2.00 bits per heavy atom. The summed E-state index contributed by atoms with van der Waals surface area (Å²) in [7, 11) is 0. The maximum Gasteiger partial charge on any atom is 0.287 e. The third-order valence-electron chi connectivity index (χ3n) is 2.79. The molecule has 0 bridgehead atoms. The molecule has 1 heterocycles. The zero-order valence-electron chi connectivity index (χ0n) is 11.0. The average Bonchev–Trinajstić information content (AvgIpc) is 2.98. The van der Waals surface area contributed by atoms with E-state index < -0.39 is 11.8 Å². The normalized spacial score (nSPS) is 10.1. The first-order chi connectivity index (χ1) is 9.59. The number of hydrogen-bond acceptors (Lipinski definition) is 4. The Balaban J connectivity index is 1.95. The number of amides is 2. The van der Waals surface area contributed by atoms with E-state index in [0.717, 1.165) is 10.6 Å². The molecule has 2 amide bonds. The highest BCUT2D eigenvalue weighted by atomic mass is 16.3. The van der Waals surface area contributed by atoms with Crippen molar-refractivity contribution in [3.05, 3.63) is 54.0 Å². The van der Waals surface area contributed by atoms with Crippen LogP contribution in [-0.2, 0) is 4.79 Å². The highest BCUT2D eigenvalue weighted by Crippen LogP contribution is 2.16. The lowest BCUT2D eigenvalue weighted by molar-refractivity contribution is -0.117. The lowest BCUT2D eigenvalue weighted by Gasteiger charge is -2.18. The molecule has 0 unspecified atom stereocenters. The van der Waals surface area contributed by atoms with E-state index in [9.17, 15) is 9.59 Å². The largest absolute Gasteiger partial charge is 0.459 e. The van der Waals surface area contributed by atoms with E-state index >= 15 is 0 Å². The average molecular weight is 273 g/mol. The number of aryl methyl sites for hydroxylation is 1. The molecule has 0 saturated heterocycles. The van der Waals surface area contributed by atoms with Gasteiger partial charge in [0.1, 0.15) is 0 Å². The van der Waals surface area contributed by atoms with Gasteiger partial charge in [-0.05, 0) is 30.7 Å². The van der Waals surface area contributed by atoms with Gasteiger partial charge in [-0.2, -0.15) is 0 Å². The maximum absolute atomic E-state index is 11.9. The van der Waals surface area contributed by atoms with Crippen molar-refractivity contribution >= 4 is 17.5 Å². The summed E-state index contributed by atoms with van der Waals surface area (Å²) in [5, 5.41) is 3.48. The number of hydrogen-bond donors (Lipinski definition) is 2. The topological polar surface area (TPSA) is 88.6 Å². The van der Waals surface area contributed by atoms with Crippen molar-refractivity contribution in [1.29, 1.82) is 0 Å². The summed E-state index contributed by atoms with van der Waals surface area (Å²) < 4.78 is 4.92. The van der Waals surface area contributed by atoms with Gasteiger partial charge in [0, 0.05) is 0 Å². The third-order valence-corrected chi connectivity index (χ3v) is 2.79. The molecule has 20 heavy (non-hydrogen) atoms. The van der Waals surface area contributed by atoms with E-state index in [-0.39, 0.29) is 12.3 Å². The molecule has 3 N–H and O–H groups in total. The number of nitrogens with zero attached hydrogens (tertiary/aromatic N) is 1. The van der Waals surface area contributed by atoms with Crippen molar-refractivity contribution in [3.8, 4) is 0 Å². The predicted octanol–water partition coefficient (Wildman–Crippen LogP) is 1.22. The van der Waals surface area contributed by atoms with Crippen LogP contribution < -0.4 is 16.2 Å².